The molecule has 0 fully saturated rings. The SMILES string of the molecule is Cc1cc(C)c(OCC(=O)Nc2cc(C)c3nc(N)sc3c2)c(Cl)c1. The molecule has 0 saturated carbocycles. The summed E-state index contributed by atoms with van der Waals surface area (Å²) in [5, 5.41) is 3.85. The molecule has 130 valence electrons. The highest BCUT2D eigenvalue weighted by Gasteiger charge is 2.12. The quantitative estimate of drug-likeness (QED) is 0.705. The fourth-order valence-electron chi connectivity index (χ4n) is 2.71. The van der Waals surface area contributed by atoms with Crippen LogP contribution < -0.4 is 15.8 Å². The Bertz CT molecular complexity index is 945. The number of amides is 1. The van der Waals surface area contributed by atoms with Gasteiger partial charge in [0.05, 0.1) is 15.2 Å². The van der Waals surface area contributed by atoms with Crippen LogP contribution in [0.1, 0.15) is 16.7 Å². The highest BCUT2D eigenvalue weighted by Crippen LogP contribution is 2.31. The minimum absolute atomic E-state index is 0.120. The third kappa shape index (κ3) is 3.86. The number of rotatable bonds is 4. The molecule has 0 unspecified atom stereocenters. The molecule has 1 aromatic heterocycles. The molecule has 1 heterocycles. The molecule has 0 spiro atoms. The summed E-state index contributed by atoms with van der Waals surface area (Å²) in [6, 6.07) is 7.50. The lowest BCUT2D eigenvalue weighted by Gasteiger charge is -2.12. The summed E-state index contributed by atoms with van der Waals surface area (Å²) in [6.45, 7) is 5.67. The first-order valence-electron chi connectivity index (χ1n) is 7.69. The van der Waals surface area contributed by atoms with Crippen molar-refractivity contribution in [1.29, 1.82) is 0 Å². The largest absolute Gasteiger partial charge is 0.482 e. The molecular weight excluding hydrogens is 358 g/mol. The van der Waals surface area contributed by atoms with Crippen molar-refractivity contribution in [1.82, 2.24) is 4.98 Å². The van der Waals surface area contributed by atoms with Crippen molar-refractivity contribution in [3.63, 3.8) is 0 Å². The van der Waals surface area contributed by atoms with Gasteiger partial charge < -0.3 is 15.8 Å². The van der Waals surface area contributed by atoms with Crippen molar-refractivity contribution in [3.8, 4) is 5.75 Å². The zero-order valence-corrected chi connectivity index (χ0v) is 15.7. The highest BCUT2D eigenvalue weighted by atomic mass is 35.5. The third-order valence-electron chi connectivity index (χ3n) is 3.71. The molecular formula is C18H18ClN3O2S. The Hall–Kier alpha value is -2.31. The van der Waals surface area contributed by atoms with Gasteiger partial charge in [-0.1, -0.05) is 29.0 Å². The van der Waals surface area contributed by atoms with Crippen molar-refractivity contribution >= 4 is 49.9 Å². The first kappa shape index (κ1) is 17.5. The van der Waals surface area contributed by atoms with E-state index in [1.165, 1.54) is 11.3 Å². The number of thiazole rings is 1. The molecule has 2 aromatic carbocycles. The molecule has 3 rings (SSSR count). The van der Waals surface area contributed by atoms with Crippen LogP contribution in [0.15, 0.2) is 24.3 Å². The van der Waals surface area contributed by atoms with E-state index in [0.29, 0.717) is 21.6 Å². The van der Waals surface area contributed by atoms with Gasteiger partial charge in [-0.15, -0.1) is 0 Å². The number of nitrogen functional groups attached to an aromatic ring is 1. The summed E-state index contributed by atoms with van der Waals surface area (Å²) in [5.41, 5.74) is 10.2. The number of benzene rings is 2. The topological polar surface area (TPSA) is 77.2 Å². The molecule has 25 heavy (non-hydrogen) atoms. The molecule has 5 nitrogen and oxygen atoms in total. The smallest absolute Gasteiger partial charge is 0.262 e. The van der Waals surface area contributed by atoms with E-state index in [2.05, 4.69) is 10.3 Å². The van der Waals surface area contributed by atoms with Crippen molar-refractivity contribution < 1.29 is 9.53 Å². The molecule has 1 amide bonds. The number of ether oxygens (including phenoxy) is 1. The minimum atomic E-state index is -0.257. The molecule has 0 atom stereocenters. The van der Waals surface area contributed by atoms with E-state index in [4.69, 9.17) is 22.1 Å². The maximum atomic E-state index is 12.2. The predicted octanol–water partition coefficient (Wildman–Crippen LogP) is 4.47. The second kappa shape index (κ2) is 6.90. The summed E-state index contributed by atoms with van der Waals surface area (Å²) in [4.78, 5) is 16.5. The van der Waals surface area contributed by atoms with Crippen LogP contribution in [0.25, 0.3) is 10.2 Å². The van der Waals surface area contributed by atoms with Crippen LogP contribution in [0.4, 0.5) is 10.8 Å². The number of hydrogen-bond donors (Lipinski definition) is 2. The molecule has 3 N–H and O–H groups in total. The summed E-state index contributed by atoms with van der Waals surface area (Å²) in [6.07, 6.45) is 0. The number of aryl methyl sites for hydroxylation is 3. The molecule has 0 aliphatic heterocycles. The number of nitrogens with two attached hydrogens (primary N) is 1. The van der Waals surface area contributed by atoms with E-state index in [-0.39, 0.29) is 12.5 Å². The average molecular weight is 376 g/mol. The zero-order chi connectivity index (χ0) is 18.1. The van der Waals surface area contributed by atoms with Gasteiger partial charge in [0, 0.05) is 5.69 Å². The number of nitrogens with zero attached hydrogens (tertiary/aromatic N) is 1. The maximum Gasteiger partial charge on any atom is 0.262 e. The highest BCUT2D eigenvalue weighted by molar-refractivity contribution is 7.22. The number of nitrogens with one attached hydrogen (secondary N) is 1. The van der Waals surface area contributed by atoms with Crippen LogP contribution in [0.5, 0.6) is 5.75 Å². The first-order valence-corrected chi connectivity index (χ1v) is 8.89. The lowest BCUT2D eigenvalue weighted by molar-refractivity contribution is -0.118. The summed E-state index contributed by atoms with van der Waals surface area (Å²) >= 11 is 7.58. The van der Waals surface area contributed by atoms with Crippen molar-refractivity contribution in [2.75, 3.05) is 17.7 Å². The maximum absolute atomic E-state index is 12.2. The second-order valence-electron chi connectivity index (χ2n) is 5.92. The van der Waals surface area contributed by atoms with E-state index >= 15 is 0 Å². The molecule has 3 aromatic rings. The van der Waals surface area contributed by atoms with E-state index in [1.807, 2.05) is 45.0 Å². The number of halogens is 1. The Morgan fingerprint density at radius 1 is 1.24 bits per heavy atom. The molecule has 0 saturated heterocycles. The zero-order valence-electron chi connectivity index (χ0n) is 14.1. The van der Waals surface area contributed by atoms with Gasteiger partial charge in [-0.2, -0.15) is 0 Å². The van der Waals surface area contributed by atoms with E-state index in [1.54, 1.807) is 0 Å². The minimum Gasteiger partial charge on any atom is -0.482 e. The van der Waals surface area contributed by atoms with Crippen molar-refractivity contribution in [2.45, 2.75) is 20.8 Å². The molecule has 0 radical (unpaired) electrons. The lowest BCUT2D eigenvalue weighted by Crippen LogP contribution is -2.20. The summed E-state index contributed by atoms with van der Waals surface area (Å²) in [7, 11) is 0. The molecule has 0 bridgehead atoms. The van der Waals surface area contributed by atoms with Crippen LogP contribution in [-0.2, 0) is 4.79 Å². The monoisotopic (exact) mass is 375 g/mol. The van der Waals surface area contributed by atoms with Gasteiger partial charge in [0.25, 0.3) is 5.91 Å². The van der Waals surface area contributed by atoms with Gasteiger partial charge in [-0.05, 0) is 55.7 Å². The number of carbonyl (C=O) groups excluding carboxylic acids is 1. The number of fused-ring (bicyclic) bond motifs is 1. The van der Waals surface area contributed by atoms with Crippen LogP contribution in [0.2, 0.25) is 5.02 Å². The summed E-state index contributed by atoms with van der Waals surface area (Å²) < 4.78 is 6.54. The Balaban J connectivity index is 1.71. The number of hydrogen-bond acceptors (Lipinski definition) is 5. The van der Waals surface area contributed by atoms with Crippen LogP contribution >= 0.6 is 22.9 Å². The fraction of sp³-hybridized carbons (Fsp3) is 0.222. The van der Waals surface area contributed by atoms with Crippen molar-refractivity contribution in [2.24, 2.45) is 0 Å². The predicted molar refractivity (Wildman–Crippen MR) is 104 cm³/mol. The fourth-order valence-corrected chi connectivity index (χ4v) is 3.93. The van der Waals surface area contributed by atoms with Gasteiger partial charge in [0.15, 0.2) is 11.7 Å². The van der Waals surface area contributed by atoms with Gasteiger partial charge in [-0.25, -0.2) is 4.98 Å². The van der Waals surface area contributed by atoms with Crippen molar-refractivity contribution in [3.05, 3.63) is 46.0 Å². The molecule has 0 aliphatic carbocycles. The normalized spacial score (nSPS) is 10.9. The van der Waals surface area contributed by atoms with Gasteiger partial charge in [0.1, 0.15) is 5.75 Å². The van der Waals surface area contributed by atoms with Gasteiger partial charge >= 0.3 is 0 Å². The van der Waals surface area contributed by atoms with E-state index < -0.39 is 0 Å². The Kier molecular flexibility index (Phi) is 4.83. The van der Waals surface area contributed by atoms with E-state index in [9.17, 15) is 4.79 Å². The number of carbonyl (C=O) groups is 1. The second-order valence-corrected chi connectivity index (χ2v) is 7.39. The molecule has 0 aliphatic rings. The molecule has 7 heteroatoms. The Labute approximate surface area is 154 Å². The Morgan fingerprint density at radius 3 is 2.72 bits per heavy atom. The average Bonchev–Trinajstić information content (AvgIpc) is 2.87. The van der Waals surface area contributed by atoms with E-state index in [0.717, 1.165) is 26.9 Å². The summed E-state index contributed by atoms with van der Waals surface area (Å²) in [5.74, 6) is 0.275. The van der Waals surface area contributed by atoms with Crippen LogP contribution in [0, 0.1) is 20.8 Å². The van der Waals surface area contributed by atoms with Gasteiger partial charge in [0.2, 0.25) is 0 Å². The standard InChI is InChI=1S/C18H18ClN3O2S/c1-9-4-11(3)17(13(19)5-9)24-8-15(23)21-12-6-10(2)16-14(7-12)25-18(20)22-16/h4-7H,8H2,1-3H3,(H2,20,22)(H,21,23). The van der Waals surface area contributed by atoms with Gasteiger partial charge in [-0.3, -0.25) is 4.79 Å². The number of anilines is 2. The van der Waals surface area contributed by atoms with Crippen LogP contribution in [-0.4, -0.2) is 17.5 Å². The number of aromatic nitrogens is 1. The lowest BCUT2D eigenvalue weighted by atomic mass is 10.1. The first-order chi connectivity index (χ1) is 11.8. The third-order valence-corrected chi connectivity index (χ3v) is 4.82. The van der Waals surface area contributed by atoms with Crippen LogP contribution in [0.3, 0.4) is 0 Å². The Morgan fingerprint density at radius 2 is 2.00 bits per heavy atom.